The molecule has 0 aliphatic rings. The van der Waals surface area contributed by atoms with Crippen molar-refractivity contribution in [1.29, 1.82) is 0 Å². The zero-order chi connectivity index (χ0) is 13.1. The van der Waals surface area contributed by atoms with Gasteiger partial charge in [-0.2, -0.15) is 4.98 Å². The van der Waals surface area contributed by atoms with Crippen molar-refractivity contribution >= 4 is 5.97 Å². The molecule has 0 aliphatic heterocycles. The monoisotopic (exact) mass is 246 g/mol. The molecule has 1 heterocycles. The van der Waals surface area contributed by atoms with Gasteiger partial charge in [-0.3, -0.25) is 4.79 Å². The molecule has 1 aromatic heterocycles. The Balaban J connectivity index is 2.36. The van der Waals surface area contributed by atoms with Crippen molar-refractivity contribution in [3.8, 4) is 5.75 Å². The summed E-state index contributed by atoms with van der Waals surface area (Å²) in [4.78, 5) is 25.4. The van der Waals surface area contributed by atoms with Crippen LogP contribution >= 0.6 is 0 Å². The molecule has 0 spiro atoms. The summed E-state index contributed by atoms with van der Waals surface area (Å²) in [6.45, 7) is 0.236. The lowest BCUT2D eigenvalue weighted by Crippen LogP contribution is -2.20. The van der Waals surface area contributed by atoms with Gasteiger partial charge in [-0.15, -0.1) is 0 Å². The number of aromatic hydroxyl groups is 1. The van der Waals surface area contributed by atoms with E-state index in [1.165, 1.54) is 23.2 Å². The van der Waals surface area contributed by atoms with Crippen LogP contribution in [0, 0.1) is 0 Å². The van der Waals surface area contributed by atoms with Crippen LogP contribution in [0.3, 0.4) is 0 Å². The molecule has 0 bridgehead atoms. The second-order valence-corrected chi connectivity index (χ2v) is 3.70. The van der Waals surface area contributed by atoms with Gasteiger partial charge in [0, 0.05) is 11.8 Å². The van der Waals surface area contributed by atoms with Gasteiger partial charge in [0.25, 0.3) is 5.56 Å². The average Bonchev–Trinajstić information content (AvgIpc) is 2.34. The topological polar surface area (TPSA) is 92.4 Å². The average molecular weight is 246 g/mol. The Morgan fingerprint density at radius 2 is 2.06 bits per heavy atom. The van der Waals surface area contributed by atoms with Crippen molar-refractivity contribution in [3.05, 3.63) is 58.3 Å². The number of hydrogen-bond donors (Lipinski definition) is 2. The van der Waals surface area contributed by atoms with Gasteiger partial charge in [-0.1, -0.05) is 18.2 Å². The summed E-state index contributed by atoms with van der Waals surface area (Å²) in [7, 11) is 0. The Hall–Kier alpha value is -2.63. The summed E-state index contributed by atoms with van der Waals surface area (Å²) >= 11 is 0. The zero-order valence-corrected chi connectivity index (χ0v) is 9.28. The number of phenolic OH excluding ortho intramolecular Hbond substituents is 1. The third kappa shape index (κ3) is 2.37. The number of nitrogens with zero attached hydrogens (tertiary/aromatic N) is 2. The van der Waals surface area contributed by atoms with Crippen LogP contribution in [0.2, 0.25) is 0 Å². The molecule has 0 unspecified atom stereocenters. The zero-order valence-electron chi connectivity index (χ0n) is 9.28. The molecule has 2 aromatic rings. The molecule has 0 radical (unpaired) electrons. The van der Waals surface area contributed by atoms with Crippen LogP contribution < -0.4 is 5.56 Å². The molecule has 92 valence electrons. The predicted octanol–water partition coefficient (Wildman–Crippen LogP) is 0.695. The van der Waals surface area contributed by atoms with Crippen molar-refractivity contribution < 1.29 is 15.0 Å². The smallest absolute Gasteiger partial charge is 0.342 e. The lowest BCUT2D eigenvalue weighted by Gasteiger charge is -2.07. The van der Waals surface area contributed by atoms with Crippen molar-refractivity contribution in [2.45, 2.75) is 6.54 Å². The molecule has 0 aliphatic carbocycles. The number of aromatic carboxylic acids is 1. The minimum absolute atomic E-state index is 0.105. The molecule has 0 fully saturated rings. The van der Waals surface area contributed by atoms with E-state index in [2.05, 4.69) is 4.98 Å². The van der Waals surface area contributed by atoms with Crippen LogP contribution in [0.4, 0.5) is 0 Å². The number of para-hydroxylation sites is 1. The Morgan fingerprint density at radius 3 is 2.72 bits per heavy atom. The van der Waals surface area contributed by atoms with Crippen LogP contribution in [-0.4, -0.2) is 25.7 Å². The van der Waals surface area contributed by atoms with E-state index in [-0.39, 0.29) is 12.3 Å². The standard InChI is InChI=1S/C12H10N2O4/c15-10-4-2-1-3-8(10)5-14-6-9(12(17)18)11(16)13-7-14/h1-4,6-7,15H,5H2,(H,17,18). The number of rotatable bonds is 3. The third-order valence-corrected chi connectivity index (χ3v) is 2.42. The maximum absolute atomic E-state index is 11.2. The fourth-order valence-corrected chi connectivity index (χ4v) is 1.52. The third-order valence-electron chi connectivity index (χ3n) is 2.42. The van der Waals surface area contributed by atoms with E-state index in [1.807, 2.05) is 0 Å². The summed E-state index contributed by atoms with van der Waals surface area (Å²) in [5.41, 5.74) is -0.566. The van der Waals surface area contributed by atoms with Gasteiger partial charge in [0.1, 0.15) is 11.3 Å². The van der Waals surface area contributed by atoms with E-state index in [9.17, 15) is 14.7 Å². The minimum Gasteiger partial charge on any atom is -0.508 e. The Kier molecular flexibility index (Phi) is 3.09. The SMILES string of the molecule is O=C(O)c1cn(Cc2ccccc2O)cnc1=O. The van der Waals surface area contributed by atoms with E-state index in [0.29, 0.717) is 5.56 Å². The Labute approximate surface area is 102 Å². The highest BCUT2D eigenvalue weighted by molar-refractivity contribution is 5.86. The molecule has 1 aromatic carbocycles. The van der Waals surface area contributed by atoms with Crippen LogP contribution in [0.15, 0.2) is 41.6 Å². The normalized spacial score (nSPS) is 10.2. The van der Waals surface area contributed by atoms with Gasteiger partial charge >= 0.3 is 5.97 Å². The highest BCUT2D eigenvalue weighted by atomic mass is 16.4. The first-order chi connectivity index (χ1) is 8.58. The van der Waals surface area contributed by atoms with Crippen molar-refractivity contribution in [2.24, 2.45) is 0 Å². The summed E-state index contributed by atoms with van der Waals surface area (Å²) in [6.07, 6.45) is 2.44. The fraction of sp³-hybridized carbons (Fsp3) is 0.0833. The van der Waals surface area contributed by atoms with Crippen LogP contribution in [0.25, 0.3) is 0 Å². The summed E-state index contributed by atoms with van der Waals surface area (Å²) < 4.78 is 1.43. The molecule has 2 N–H and O–H groups in total. The van der Waals surface area contributed by atoms with Gasteiger partial charge in [-0.25, -0.2) is 4.79 Å². The Morgan fingerprint density at radius 1 is 1.33 bits per heavy atom. The second kappa shape index (κ2) is 4.70. The first-order valence-corrected chi connectivity index (χ1v) is 5.14. The molecular formula is C12H10N2O4. The van der Waals surface area contributed by atoms with Crippen molar-refractivity contribution in [1.82, 2.24) is 9.55 Å². The maximum atomic E-state index is 11.2. The molecule has 0 amide bonds. The quantitative estimate of drug-likeness (QED) is 0.831. The Bertz CT molecular complexity index is 649. The van der Waals surface area contributed by atoms with E-state index >= 15 is 0 Å². The van der Waals surface area contributed by atoms with E-state index in [0.717, 1.165) is 0 Å². The number of carbonyl (C=O) groups is 1. The van der Waals surface area contributed by atoms with Gasteiger partial charge in [0.05, 0.1) is 12.9 Å². The van der Waals surface area contributed by atoms with Crippen LogP contribution in [0.1, 0.15) is 15.9 Å². The highest BCUT2D eigenvalue weighted by Crippen LogP contribution is 2.16. The fourth-order valence-electron chi connectivity index (χ4n) is 1.52. The second-order valence-electron chi connectivity index (χ2n) is 3.70. The van der Waals surface area contributed by atoms with Crippen LogP contribution in [-0.2, 0) is 6.54 Å². The lowest BCUT2D eigenvalue weighted by atomic mass is 10.2. The van der Waals surface area contributed by atoms with E-state index in [1.54, 1.807) is 18.2 Å². The number of benzene rings is 1. The molecule has 2 rings (SSSR count). The first-order valence-electron chi connectivity index (χ1n) is 5.14. The minimum atomic E-state index is -1.32. The maximum Gasteiger partial charge on any atom is 0.342 e. The number of hydrogen-bond acceptors (Lipinski definition) is 4. The van der Waals surface area contributed by atoms with Crippen LogP contribution in [0.5, 0.6) is 5.75 Å². The summed E-state index contributed by atoms with van der Waals surface area (Å²) in [5, 5.41) is 18.4. The van der Waals surface area contributed by atoms with Crippen molar-refractivity contribution in [2.75, 3.05) is 0 Å². The van der Waals surface area contributed by atoms with Gasteiger partial charge in [0.15, 0.2) is 0 Å². The molecule has 0 saturated carbocycles. The van der Waals surface area contributed by atoms with E-state index < -0.39 is 17.1 Å². The van der Waals surface area contributed by atoms with Gasteiger partial charge in [-0.05, 0) is 6.07 Å². The van der Waals surface area contributed by atoms with Crippen molar-refractivity contribution in [3.63, 3.8) is 0 Å². The summed E-state index contributed by atoms with van der Waals surface area (Å²) in [6, 6.07) is 6.67. The highest BCUT2D eigenvalue weighted by Gasteiger charge is 2.10. The van der Waals surface area contributed by atoms with E-state index in [4.69, 9.17) is 5.11 Å². The number of aromatic nitrogens is 2. The molecule has 0 atom stereocenters. The first kappa shape index (κ1) is 11.8. The number of phenols is 1. The molecule has 0 saturated heterocycles. The molecule has 6 heteroatoms. The molecule has 18 heavy (non-hydrogen) atoms. The summed E-state index contributed by atoms with van der Waals surface area (Å²) in [5.74, 6) is -1.22. The molecule has 6 nitrogen and oxygen atoms in total. The lowest BCUT2D eigenvalue weighted by molar-refractivity contribution is 0.0694. The number of carboxylic acids is 1. The number of carboxylic acid groups (broad SMARTS) is 1. The largest absolute Gasteiger partial charge is 0.508 e. The predicted molar refractivity (Wildman–Crippen MR) is 62.7 cm³/mol. The van der Waals surface area contributed by atoms with Gasteiger partial charge in [0.2, 0.25) is 0 Å². The molecular weight excluding hydrogens is 236 g/mol. The van der Waals surface area contributed by atoms with Gasteiger partial charge < -0.3 is 14.8 Å².